The van der Waals surface area contributed by atoms with E-state index < -0.39 is 0 Å². The number of hydrogen-bond donors (Lipinski definition) is 0. The average Bonchev–Trinajstić information content (AvgIpc) is 2.78. The number of rotatable bonds is 9. The Morgan fingerprint density at radius 1 is 0.969 bits per heavy atom. The molecule has 5 heteroatoms. The first-order valence-corrected chi connectivity index (χ1v) is 11.4. The molecule has 3 rings (SSSR count). The monoisotopic (exact) mass is 437 g/mol. The third kappa shape index (κ3) is 6.28. The SMILES string of the molecule is C/C=C/COc1cc(C)c(OC2CCCCC2Oc2ccc(/C(C)=N\OC)cc2)c(C)c1. The van der Waals surface area contributed by atoms with Crippen LogP contribution in [-0.4, -0.2) is 31.6 Å². The highest BCUT2D eigenvalue weighted by molar-refractivity contribution is 5.98. The molecule has 2 unspecified atom stereocenters. The molecular formula is C27H35NO4. The van der Waals surface area contributed by atoms with Crippen LogP contribution in [0, 0.1) is 13.8 Å². The third-order valence-corrected chi connectivity index (χ3v) is 5.71. The van der Waals surface area contributed by atoms with Crippen LogP contribution < -0.4 is 14.2 Å². The van der Waals surface area contributed by atoms with Gasteiger partial charge in [-0.2, -0.15) is 0 Å². The van der Waals surface area contributed by atoms with Gasteiger partial charge >= 0.3 is 0 Å². The number of oxime groups is 1. The Kier molecular flexibility index (Phi) is 8.60. The van der Waals surface area contributed by atoms with Gasteiger partial charge in [0.25, 0.3) is 0 Å². The van der Waals surface area contributed by atoms with E-state index in [-0.39, 0.29) is 12.2 Å². The van der Waals surface area contributed by atoms with Gasteiger partial charge in [0, 0.05) is 0 Å². The maximum atomic E-state index is 6.55. The normalized spacial score (nSPS) is 19.1. The zero-order valence-electron chi connectivity index (χ0n) is 19.9. The summed E-state index contributed by atoms with van der Waals surface area (Å²) < 4.78 is 18.7. The molecule has 1 fully saturated rings. The Morgan fingerprint density at radius 2 is 1.59 bits per heavy atom. The van der Waals surface area contributed by atoms with Crippen molar-refractivity contribution in [1.29, 1.82) is 0 Å². The minimum absolute atomic E-state index is 0.0207. The summed E-state index contributed by atoms with van der Waals surface area (Å²) in [6, 6.07) is 12.1. The van der Waals surface area contributed by atoms with Crippen molar-refractivity contribution in [2.24, 2.45) is 5.16 Å². The molecule has 0 aromatic heterocycles. The van der Waals surface area contributed by atoms with E-state index in [9.17, 15) is 0 Å². The average molecular weight is 438 g/mol. The lowest BCUT2D eigenvalue weighted by atomic mass is 9.94. The number of hydrogen-bond acceptors (Lipinski definition) is 5. The van der Waals surface area contributed by atoms with Crippen LogP contribution in [0.4, 0.5) is 0 Å². The Balaban J connectivity index is 1.70. The minimum Gasteiger partial charge on any atom is -0.490 e. The smallest absolute Gasteiger partial charge is 0.135 e. The Morgan fingerprint density at radius 3 is 2.19 bits per heavy atom. The minimum atomic E-state index is 0.0207. The van der Waals surface area contributed by atoms with Crippen LogP contribution in [0.3, 0.4) is 0 Å². The van der Waals surface area contributed by atoms with Gasteiger partial charge in [0.2, 0.25) is 0 Å². The van der Waals surface area contributed by atoms with Gasteiger partial charge in [-0.05, 0) is 106 Å². The van der Waals surface area contributed by atoms with E-state index in [0.717, 1.165) is 65.3 Å². The predicted molar refractivity (Wildman–Crippen MR) is 129 cm³/mol. The first-order valence-electron chi connectivity index (χ1n) is 11.4. The first kappa shape index (κ1) is 23.7. The molecular weight excluding hydrogens is 402 g/mol. The highest BCUT2D eigenvalue weighted by Crippen LogP contribution is 2.33. The predicted octanol–water partition coefficient (Wildman–Crippen LogP) is 6.40. The van der Waals surface area contributed by atoms with Crippen LogP contribution in [0.1, 0.15) is 56.2 Å². The van der Waals surface area contributed by atoms with E-state index in [2.05, 4.69) is 19.0 Å². The van der Waals surface area contributed by atoms with E-state index in [1.807, 2.05) is 62.4 Å². The molecule has 5 nitrogen and oxygen atoms in total. The highest BCUT2D eigenvalue weighted by atomic mass is 16.6. The standard InChI is InChI=1S/C27H35NO4/c1-6-7-16-30-24-17-19(2)27(20(3)18-24)32-26-11-9-8-10-25(26)31-23-14-12-22(13-15-23)21(4)28-29-5/h6-7,12-15,17-18,25-26H,8-11,16H2,1-5H3/b7-6+,28-21-. The number of ether oxygens (including phenoxy) is 3. The van der Waals surface area contributed by atoms with Crippen LogP contribution in [0.15, 0.2) is 53.7 Å². The van der Waals surface area contributed by atoms with Crippen LogP contribution in [0.2, 0.25) is 0 Å². The summed E-state index contributed by atoms with van der Waals surface area (Å²) in [7, 11) is 1.55. The summed E-state index contributed by atoms with van der Waals surface area (Å²) in [6.07, 6.45) is 8.30. The number of allylic oxidation sites excluding steroid dienone is 1. The number of benzene rings is 2. The van der Waals surface area contributed by atoms with Crippen molar-refractivity contribution in [2.45, 2.75) is 65.6 Å². The summed E-state index contributed by atoms with van der Waals surface area (Å²) in [4.78, 5) is 4.86. The van der Waals surface area contributed by atoms with E-state index in [1.54, 1.807) is 7.11 Å². The topological polar surface area (TPSA) is 49.3 Å². The molecule has 1 aliphatic rings. The molecule has 32 heavy (non-hydrogen) atoms. The van der Waals surface area contributed by atoms with Gasteiger partial charge in [-0.25, -0.2) is 0 Å². The molecule has 0 spiro atoms. The molecule has 1 aliphatic carbocycles. The third-order valence-electron chi connectivity index (χ3n) is 5.71. The summed E-state index contributed by atoms with van der Waals surface area (Å²) in [5, 5.41) is 3.99. The van der Waals surface area contributed by atoms with Crippen molar-refractivity contribution in [3.63, 3.8) is 0 Å². The molecule has 0 saturated heterocycles. The quantitative estimate of drug-likeness (QED) is 0.259. The lowest BCUT2D eigenvalue weighted by molar-refractivity contribution is 0.0224. The van der Waals surface area contributed by atoms with Crippen molar-refractivity contribution in [3.05, 3.63) is 65.2 Å². The second-order valence-electron chi connectivity index (χ2n) is 8.25. The van der Waals surface area contributed by atoms with E-state index in [1.165, 1.54) is 0 Å². The molecule has 0 heterocycles. The maximum Gasteiger partial charge on any atom is 0.135 e. The second kappa shape index (κ2) is 11.6. The Bertz CT molecular complexity index is 910. The van der Waals surface area contributed by atoms with Crippen molar-refractivity contribution in [1.82, 2.24) is 0 Å². The van der Waals surface area contributed by atoms with Crippen LogP contribution in [-0.2, 0) is 4.84 Å². The van der Waals surface area contributed by atoms with E-state index >= 15 is 0 Å². The lowest BCUT2D eigenvalue weighted by Crippen LogP contribution is -2.39. The maximum absolute atomic E-state index is 6.55. The van der Waals surface area contributed by atoms with Crippen molar-refractivity contribution in [2.75, 3.05) is 13.7 Å². The molecule has 2 aromatic carbocycles. The van der Waals surface area contributed by atoms with Crippen molar-refractivity contribution in [3.8, 4) is 17.2 Å². The molecule has 0 aliphatic heterocycles. The molecule has 2 atom stereocenters. The highest BCUT2D eigenvalue weighted by Gasteiger charge is 2.29. The van der Waals surface area contributed by atoms with Gasteiger partial charge in [-0.3, -0.25) is 0 Å². The summed E-state index contributed by atoms with van der Waals surface area (Å²) in [5.41, 5.74) is 4.02. The fraction of sp³-hybridized carbons (Fsp3) is 0.444. The molecule has 0 radical (unpaired) electrons. The number of aryl methyl sites for hydroxylation is 2. The molecule has 2 aromatic rings. The molecule has 0 amide bonds. The summed E-state index contributed by atoms with van der Waals surface area (Å²) in [6.45, 7) is 8.64. The first-order chi connectivity index (χ1) is 15.5. The fourth-order valence-electron chi connectivity index (χ4n) is 4.04. The molecule has 172 valence electrons. The van der Waals surface area contributed by atoms with Gasteiger partial charge in [0.05, 0.1) is 5.71 Å². The Labute approximate surface area is 192 Å². The van der Waals surface area contributed by atoms with Gasteiger partial charge < -0.3 is 19.0 Å². The van der Waals surface area contributed by atoms with E-state index in [4.69, 9.17) is 19.0 Å². The number of nitrogens with zero attached hydrogens (tertiary/aromatic N) is 1. The van der Waals surface area contributed by atoms with Gasteiger partial charge in [0.1, 0.15) is 43.2 Å². The zero-order valence-corrected chi connectivity index (χ0v) is 19.9. The van der Waals surface area contributed by atoms with E-state index in [0.29, 0.717) is 6.61 Å². The lowest BCUT2D eigenvalue weighted by Gasteiger charge is -2.33. The largest absolute Gasteiger partial charge is 0.490 e. The van der Waals surface area contributed by atoms with Gasteiger partial charge in [-0.15, -0.1) is 0 Å². The van der Waals surface area contributed by atoms with Crippen molar-refractivity contribution < 1.29 is 19.0 Å². The Hall–Kier alpha value is -2.95. The van der Waals surface area contributed by atoms with Crippen molar-refractivity contribution >= 4 is 5.71 Å². The molecule has 0 bridgehead atoms. The summed E-state index contributed by atoms with van der Waals surface area (Å²) in [5.74, 6) is 2.65. The zero-order chi connectivity index (χ0) is 22.9. The van der Waals surface area contributed by atoms with Crippen LogP contribution >= 0.6 is 0 Å². The van der Waals surface area contributed by atoms with Crippen LogP contribution in [0.5, 0.6) is 17.2 Å². The van der Waals surface area contributed by atoms with Gasteiger partial charge in [0.15, 0.2) is 0 Å². The van der Waals surface area contributed by atoms with Gasteiger partial charge in [-0.1, -0.05) is 17.3 Å². The second-order valence-corrected chi connectivity index (χ2v) is 8.25. The fourth-order valence-corrected chi connectivity index (χ4v) is 4.04. The molecule has 0 N–H and O–H groups in total. The van der Waals surface area contributed by atoms with Crippen LogP contribution in [0.25, 0.3) is 0 Å². The summed E-state index contributed by atoms with van der Waals surface area (Å²) >= 11 is 0. The molecule has 1 saturated carbocycles.